The number of hydrogen-bond donors (Lipinski definition) is 2. The first-order chi connectivity index (χ1) is 15.3. The van der Waals surface area contributed by atoms with Gasteiger partial charge in [-0.15, -0.1) is 11.3 Å². The number of hydrogen-bond acceptors (Lipinski definition) is 6. The van der Waals surface area contributed by atoms with Gasteiger partial charge < -0.3 is 24.5 Å². The fourth-order valence-electron chi connectivity index (χ4n) is 3.54. The average Bonchev–Trinajstić information content (AvgIpc) is 3.46. The quantitative estimate of drug-likeness (QED) is 0.295. The highest BCUT2D eigenvalue weighted by Gasteiger charge is 2.23. The van der Waals surface area contributed by atoms with Crippen LogP contribution < -0.4 is 10.6 Å². The summed E-state index contributed by atoms with van der Waals surface area (Å²) in [5.41, 5.74) is 0. The SMILES string of the molecule is CCOCCCNC(=NCC(c1ccc(C)s1)N1CCOCC1)NCCc1ccco1. The first kappa shape index (κ1) is 23.8. The van der Waals surface area contributed by atoms with Crippen LogP contribution in [-0.2, 0) is 15.9 Å². The van der Waals surface area contributed by atoms with E-state index in [4.69, 9.17) is 18.9 Å². The largest absolute Gasteiger partial charge is 0.469 e. The highest BCUT2D eigenvalue weighted by molar-refractivity contribution is 7.12. The van der Waals surface area contributed by atoms with Crippen LogP contribution in [-0.4, -0.2) is 70.0 Å². The van der Waals surface area contributed by atoms with Gasteiger partial charge in [-0.05, 0) is 44.5 Å². The van der Waals surface area contributed by atoms with Crippen LogP contribution >= 0.6 is 11.3 Å². The van der Waals surface area contributed by atoms with Crippen LogP contribution in [0.25, 0.3) is 0 Å². The van der Waals surface area contributed by atoms with Gasteiger partial charge in [0.2, 0.25) is 0 Å². The van der Waals surface area contributed by atoms with Crippen LogP contribution in [0, 0.1) is 6.92 Å². The van der Waals surface area contributed by atoms with Crippen molar-refractivity contribution in [3.63, 3.8) is 0 Å². The van der Waals surface area contributed by atoms with Gasteiger partial charge in [-0.2, -0.15) is 0 Å². The predicted molar refractivity (Wildman–Crippen MR) is 126 cm³/mol. The number of morpholine rings is 1. The molecule has 3 heterocycles. The van der Waals surface area contributed by atoms with Crippen molar-refractivity contribution in [1.82, 2.24) is 15.5 Å². The molecule has 1 saturated heterocycles. The summed E-state index contributed by atoms with van der Waals surface area (Å²) in [6.07, 6.45) is 3.49. The molecule has 0 bridgehead atoms. The number of guanidine groups is 1. The summed E-state index contributed by atoms with van der Waals surface area (Å²) in [5, 5.41) is 6.92. The summed E-state index contributed by atoms with van der Waals surface area (Å²) in [5.74, 6) is 1.82. The van der Waals surface area contributed by atoms with Crippen LogP contribution in [0.15, 0.2) is 39.9 Å². The molecule has 0 aromatic carbocycles. The van der Waals surface area contributed by atoms with E-state index >= 15 is 0 Å². The number of nitrogens with one attached hydrogen (secondary N) is 2. The minimum atomic E-state index is 0.273. The van der Waals surface area contributed by atoms with Gasteiger partial charge in [0.25, 0.3) is 0 Å². The van der Waals surface area contributed by atoms with Gasteiger partial charge in [-0.1, -0.05) is 0 Å². The van der Waals surface area contributed by atoms with E-state index in [2.05, 4.69) is 34.6 Å². The highest BCUT2D eigenvalue weighted by Crippen LogP contribution is 2.28. The number of ether oxygens (including phenoxy) is 2. The molecular formula is C23H36N4O3S. The molecule has 1 unspecified atom stereocenters. The number of rotatable bonds is 12. The van der Waals surface area contributed by atoms with Gasteiger partial charge in [-0.3, -0.25) is 9.89 Å². The lowest BCUT2D eigenvalue weighted by Gasteiger charge is -2.33. The smallest absolute Gasteiger partial charge is 0.191 e. The third kappa shape index (κ3) is 8.29. The second kappa shape index (κ2) is 13.5. The Morgan fingerprint density at radius 1 is 1.23 bits per heavy atom. The van der Waals surface area contributed by atoms with Crippen molar-refractivity contribution in [3.05, 3.63) is 46.0 Å². The Balaban J connectivity index is 1.62. The molecule has 0 spiro atoms. The maximum Gasteiger partial charge on any atom is 0.191 e. The Bertz CT molecular complexity index is 757. The van der Waals surface area contributed by atoms with E-state index in [1.54, 1.807) is 6.26 Å². The average molecular weight is 449 g/mol. The highest BCUT2D eigenvalue weighted by atomic mass is 32.1. The standard InChI is InChI=1S/C23H36N4O3S/c1-3-28-14-5-10-24-23(25-11-9-20-6-4-15-30-20)26-18-21(22-8-7-19(2)31-22)27-12-16-29-17-13-27/h4,6-8,15,21H,3,5,9-14,16-18H2,1-2H3,(H2,24,25,26). The molecule has 3 rings (SSSR count). The van der Waals surface area contributed by atoms with E-state index in [1.165, 1.54) is 9.75 Å². The van der Waals surface area contributed by atoms with Crippen LogP contribution in [0.1, 0.15) is 34.9 Å². The van der Waals surface area contributed by atoms with E-state index in [0.717, 1.165) is 77.2 Å². The summed E-state index contributed by atoms with van der Waals surface area (Å²) < 4.78 is 16.5. The maximum absolute atomic E-state index is 5.57. The summed E-state index contributed by atoms with van der Waals surface area (Å²) in [4.78, 5) is 10.2. The van der Waals surface area contributed by atoms with Gasteiger partial charge in [0, 0.05) is 55.6 Å². The fraction of sp³-hybridized carbons (Fsp3) is 0.609. The van der Waals surface area contributed by atoms with Gasteiger partial charge in [0.05, 0.1) is 32.1 Å². The van der Waals surface area contributed by atoms with Crippen LogP contribution in [0.2, 0.25) is 0 Å². The third-order valence-corrected chi connectivity index (χ3v) is 6.31. The van der Waals surface area contributed by atoms with Crippen LogP contribution in [0.4, 0.5) is 0 Å². The van der Waals surface area contributed by atoms with Gasteiger partial charge in [0.15, 0.2) is 5.96 Å². The molecule has 0 amide bonds. The number of thiophene rings is 1. The second-order valence-corrected chi connectivity index (χ2v) is 8.85. The predicted octanol–water partition coefficient (Wildman–Crippen LogP) is 3.23. The summed E-state index contributed by atoms with van der Waals surface area (Å²) in [7, 11) is 0. The van der Waals surface area contributed by atoms with E-state index in [1.807, 2.05) is 30.4 Å². The molecule has 31 heavy (non-hydrogen) atoms. The minimum absolute atomic E-state index is 0.273. The Kier molecular flexibility index (Phi) is 10.4. The zero-order valence-electron chi connectivity index (χ0n) is 18.8. The Labute approximate surface area is 189 Å². The van der Waals surface area contributed by atoms with Crippen LogP contribution in [0.3, 0.4) is 0 Å². The van der Waals surface area contributed by atoms with Crippen molar-refractivity contribution in [2.75, 3.05) is 59.2 Å². The molecule has 0 radical (unpaired) electrons. The first-order valence-electron chi connectivity index (χ1n) is 11.3. The second-order valence-electron chi connectivity index (χ2n) is 7.54. The monoisotopic (exact) mass is 448 g/mol. The van der Waals surface area contributed by atoms with Crippen molar-refractivity contribution in [2.45, 2.75) is 32.7 Å². The molecule has 7 nitrogen and oxygen atoms in total. The van der Waals surface area contributed by atoms with Crippen molar-refractivity contribution in [1.29, 1.82) is 0 Å². The topological polar surface area (TPSA) is 71.3 Å². The fourth-order valence-corrected chi connectivity index (χ4v) is 4.55. The van der Waals surface area contributed by atoms with Gasteiger partial charge in [-0.25, -0.2) is 0 Å². The molecule has 2 N–H and O–H groups in total. The molecule has 1 aliphatic rings. The molecule has 8 heteroatoms. The Hall–Kier alpha value is -1.87. The summed E-state index contributed by atoms with van der Waals surface area (Å²) >= 11 is 1.86. The van der Waals surface area contributed by atoms with Crippen molar-refractivity contribution >= 4 is 17.3 Å². The Morgan fingerprint density at radius 2 is 2.06 bits per heavy atom. The molecular weight excluding hydrogens is 412 g/mol. The molecule has 1 atom stereocenters. The Morgan fingerprint density at radius 3 is 2.77 bits per heavy atom. The first-order valence-corrected chi connectivity index (χ1v) is 12.1. The lowest BCUT2D eigenvalue weighted by atomic mass is 10.2. The van der Waals surface area contributed by atoms with Gasteiger partial charge in [0.1, 0.15) is 5.76 Å². The minimum Gasteiger partial charge on any atom is -0.469 e. The van der Waals surface area contributed by atoms with E-state index in [9.17, 15) is 0 Å². The normalized spacial score (nSPS) is 16.4. The lowest BCUT2D eigenvalue weighted by molar-refractivity contribution is 0.0186. The molecule has 172 valence electrons. The van der Waals surface area contributed by atoms with Crippen molar-refractivity contribution in [3.8, 4) is 0 Å². The molecule has 1 fully saturated rings. The number of furan rings is 1. The molecule has 0 saturated carbocycles. The number of aliphatic imine (C=N–C) groups is 1. The van der Waals surface area contributed by atoms with E-state index < -0.39 is 0 Å². The zero-order valence-corrected chi connectivity index (χ0v) is 19.6. The maximum atomic E-state index is 5.57. The molecule has 2 aromatic rings. The lowest BCUT2D eigenvalue weighted by Crippen LogP contribution is -2.42. The van der Waals surface area contributed by atoms with Gasteiger partial charge >= 0.3 is 0 Å². The molecule has 0 aliphatic carbocycles. The third-order valence-electron chi connectivity index (χ3n) is 5.20. The van der Waals surface area contributed by atoms with Crippen LogP contribution in [0.5, 0.6) is 0 Å². The molecule has 1 aliphatic heterocycles. The summed E-state index contributed by atoms with van der Waals surface area (Å²) in [6, 6.07) is 8.64. The van der Waals surface area contributed by atoms with E-state index in [0.29, 0.717) is 6.54 Å². The van der Waals surface area contributed by atoms with Crippen molar-refractivity contribution in [2.24, 2.45) is 4.99 Å². The number of nitrogens with zero attached hydrogens (tertiary/aromatic N) is 2. The van der Waals surface area contributed by atoms with Crippen molar-refractivity contribution < 1.29 is 13.9 Å². The van der Waals surface area contributed by atoms with E-state index in [-0.39, 0.29) is 6.04 Å². The molecule has 2 aromatic heterocycles. The number of aryl methyl sites for hydroxylation is 1. The summed E-state index contributed by atoms with van der Waals surface area (Å²) in [6.45, 7) is 11.5. The zero-order chi connectivity index (χ0) is 21.7.